The van der Waals surface area contributed by atoms with Crippen LogP contribution in [0.15, 0.2) is 59.6 Å². The van der Waals surface area contributed by atoms with E-state index in [0.29, 0.717) is 0 Å². The van der Waals surface area contributed by atoms with Gasteiger partial charge in [0.25, 0.3) is 0 Å². The summed E-state index contributed by atoms with van der Waals surface area (Å²) in [7, 11) is 0. The van der Waals surface area contributed by atoms with Crippen LogP contribution in [-0.4, -0.2) is 6.72 Å². The van der Waals surface area contributed by atoms with Gasteiger partial charge in [0.15, 0.2) is 0 Å². The van der Waals surface area contributed by atoms with Crippen molar-refractivity contribution in [2.24, 2.45) is 4.99 Å². The topological polar surface area (TPSA) is 12.4 Å². The molecule has 0 aliphatic carbocycles. The number of hydrogen-bond donors (Lipinski definition) is 0. The Morgan fingerprint density at radius 1 is 1.00 bits per heavy atom. The monoisotopic (exact) mass is 341 g/mol. The van der Waals surface area contributed by atoms with Crippen LogP contribution in [0.5, 0.6) is 0 Å². The Hall–Kier alpha value is -2.67. The molecule has 0 atom stereocenters. The van der Waals surface area contributed by atoms with Crippen LogP contribution >= 0.6 is 0 Å². The van der Waals surface area contributed by atoms with Gasteiger partial charge in [-0.1, -0.05) is 80.9 Å². The van der Waals surface area contributed by atoms with Crippen molar-refractivity contribution < 1.29 is 0 Å². The Balaban J connectivity index is 2.39. The van der Waals surface area contributed by atoms with Crippen molar-refractivity contribution in [3.05, 3.63) is 81.7 Å². The standard InChI is InChI=1S/C25H27N/c1-7-21-22-14-12-20(25(3,4)5)16-18(22)11-13-23(21)24(26-6)19-10-8-9-17(2)15-19/h7-16H,6H2,1-5H3/b21-7-,24-23-. The summed E-state index contributed by atoms with van der Waals surface area (Å²) in [5, 5.41) is 4.87. The fraction of sp³-hybridized carbons (Fsp3) is 0.240. The van der Waals surface area contributed by atoms with Gasteiger partial charge in [-0.3, -0.25) is 4.99 Å². The summed E-state index contributed by atoms with van der Waals surface area (Å²) in [5.41, 5.74) is 4.76. The average molecular weight is 341 g/mol. The summed E-state index contributed by atoms with van der Waals surface area (Å²) in [6, 6.07) is 19.6. The lowest BCUT2D eigenvalue weighted by molar-refractivity contribution is 0.591. The summed E-state index contributed by atoms with van der Waals surface area (Å²) in [6.07, 6.45) is 2.18. The first-order chi connectivity index (χ1) is 12.3. The molecule has 0 saturated carbocycles. The molecule has 3 aromatic carbocycles. The zero-order chi connectivity index (χ0) is 18.9. The van der Waals surface area contributed by atoms with E-state index >= 15 is 0 Å². The van der Waals surface area contributed by atoms with E-state index in [0.717, 1.165) is 16.5 Å². The van der Waals surface area contributed by atoms with E-state index in [1.807, 2.05) is 0 Å². The summed E-state index contributed by atoms with van der Waals surface area (Å²) in [4.78, 5) is 4.39. The van der Waals surface area contributed by atoms with E-state index < -0.39 is 0 Å². The van der Waals surface area contributed by atoms with E-state index in [-0.39, 0.29) is 5.41 Å². The quantitative estimate of drug-likeness (QED) is 0.575. The molecule has 0 heterocycles. The van der Waals surface area contributed by atoms with Crippen LogP contribution in [0.2, 0.25) is 0 Å². The lowest BCUT2D eigenvalue weighted by atomic mass is 9.85. The fourth-order valence-electron chi connectivity index (χ4n) is 3.46. The van der Waals surface area contributed by atoms with Gasteiger partial charge in [-0.05, 0) is 53.6 Å². The van der Waals surface area contributed by atoms with Crippen molar-refractivity contribution in [2.45, 2.75) is 40.0 Å². The summed E-state index contributed by atoms with van der Waals surface area (Å²) < 4.78 is 0. The van der Waals surface area contributed by atoms with Crippen LogP contribution < -0.4 is 10.4 Å². The van der Waals surface area contributed by atoms with Gasteiger partial charge in [-0.2, -0.15) is 0 Å². The maximum atomic E-state index is 4.39. The van der Waals surface area contributed by atoms with Crippen LogP contribution in [0.3, 0.4) is 0 Å². The second kappa shape index (κ2) is 6.92. The normalized spacial score (nSPS) is 13.8. The number of aryl methyl sites for hydroxylation is 1. The predicted octanol–water partition coefficient (Wildman–Crippen LogP) is 5.10. The SMILES string of the molecule is C=N/C(c1cccc(C)c1)=c1/ccc2cc(C(C)(C)C)ccc2/c1=C/C. The van der Waals surface area contributed by atoms with Crippen molar-refractivity contribution >= 4 is 29.3 Å². The lowest BCUT2D eigenvalue weighted by Crippen LogP contribution is -2.27. The largest absolute Gasteiger partial charge is 0.263 e. The highest BCUT2D eigenvalue weighted by atomic mass is 14.7. The Bertz CT molecular complexity index is 1100. The first kappa shape index (κ1) is 18.1. The van der Waals surface area contributed by atoms with Crippen molar-refractivity contribution in [2.75, 3.05) is 0 Å². The van der Waals surface area contributed by atoms with Crippen molar-refractivity contribution in [1.29, 1.82) is 0 Å². The summed E-state index contributed by atoms with van der Waals surface area (Å²) in [5.74, 6) is 0. The molecule has 1 heteroatoms. The number of nitrogens with zero attached hydrogens (tertiary/aromatic N) is 1. The minimum absolute atomic E-state index is 0.143. The zero-order valence-electron chi connectivity index (χ0n) is 16.4. The smallest absolute Gasteiger partial charge is 0.0773 e. The minimum Gasteiger partial charge on any atom is -0.263 e. The van der Waals surface area contributed by atoms with Gasteiger partial charge in [0.2, 0.25) is 0 Å². The molecule has 0 radical (unpaired) electrons. The van der Waals surface area contributed by atoms with Crippen molar-refractivity contribution in [3.8, 4) is 0 Å². The highest BCUT2D eigenvalue weighted by Gasteiger charge is 2.14. The highest BCUT2D eigenvalue weighted by molar-refractivity contribution is 5.86. The number of rotatable bonds is 2. The second-order valence-corrected chi connectivity index (χ2v) is 7.88. The van der Waals surface area contributed by atoms with E-state index in [1.165, 1.54) is 27.1 Å². The molecule has 0 aliphatic rings. The average Bonchev–Trinajstić information content (AvgIpc) is 2.61. The molecular formula is C25H27N. The van der Waals surface area contributed by atoms with Gasteiger partial charge in [-0.15, -0.1) is 0 Å². The molecule has 0 bridgehead atoms. The molecule has 0 spiro atoms. The Kier molecular flexibility index (Phi) is 4.82. The molecule has 1 nitrogen and oxygen atoms in total. The molecule has 3 rings (SSSR count). The third kappa shape index (κ3) is 3.35. The summed E-state index contributed by atoms with van der Waals surface area (Å²) >= 11 is 0. The first-order valence-electron chi connectivity index (χ1n) is 9.13. The van der Waals surface area contributed by atoms with Gasteiger partial charge in [-0.25, -0.2) is 0 Å². The molecule has 0 amide bonds. The van der Waals surface area contributed by atoms with Crippen molar-refractivity contribution in [1.82, 2.24) is 0 Å². The lowest BCUT2D eigenvalue weighted by Gasteiger charge is -2.19. The van der Waals surface area contributed by atoms with Crippen LogP contribution in [-0.2, 0) is 5.41 Å². The number of aliphatic imine (C=N–C) groups is 1. The molecule has 0 unspecified atom stereocenters. The van der Waals surface area contributed by atoms with Crippen LogP contribution in [0.4, 0.5) is 0 Å². The second-order valence-electron chi connectivity index (χ2n) is 7.88. The van der Waals surface area contributed by atoms with E-state index in [4.69, 9.17) is 0 Å². The van der Waals surface area contributed by atoms with Crippen LogP contribution in [0.25, 0.3) is 22.5 Å². The highest BCUT2D eigenvalue weighted by Crippen LogP contribution is 2.25. The molecule has 0 fully saturated rings. The maximum Gasteiger partial charge on any atom is 0.0773 e. The van der Waals surface area contributed by atoms with E-state index in [2.05, 4.69) is 107 Å². The van der Waals surface area contributed by atoms with Gasteiger partial charge < -0.3 is 0 Å². The Morgan fingerprint density at radius 3 is 2.38 bits per heavy atom. The molecule has 0 aromatic heterocycles. The van der Waals surface area contributed by atoms with Crippen molar-refractivity contribution in [3.63, 3.8) is 0 Å². The third-order valence-corrected chi connectivity index (χ3v) is 4.92. The molecule has 132 valence electrons. The van der Waals surface area contributed by atoms with Gasteiger partial charge in [0.05, 0.1) is 5.70 Å². The maximum absolute atomic E-state index is 4.39. The summed E-state index contributed by atoms with van der Waals surface area (Å²) in [6.45, 7) is 14.8. The van der Waals surface area contributed by atoms with Crippen LogP contribution in [0, 0.1) is 6.92 Å². The Labute approximate surface area is 156 Å². The molecule has 0 saturated heterocycles. The third-order valence-electron chi connectivity index (χ3n) is 4.92. The molecule has 0 N–H and O–H groups in total. The van der Waals surface area contributed by atoms with E-state index in [9.17, 15) is 0 Å². The minimum atomic E-state index is 0.143. The van der Waals surface area contributed by atoms with E-state index in [1.54, 1.807) is 0 Å². The predicted molar refractivity (Wildman–Crippen MR) is 115 cm³/mol. The van der Waals surface area contributed by atoms with Gasteiger partial charge in [0, 0.05) is 10.8 Å². The molecular weight excluding hydrogens is 314 g/mol. The molecule has 3 aromatic rings. The molecule has 0 aliphatic heterocycles. The van der Waals surface area contributed by atoms with Crippen LogP contribution in [0.1, 0.15) is 44.4 Å². The zero-order valence-corrected chi connectivity index (χ0v) is 16.4. The van der Waals surface area contributed by atoms with Gasteiger partial charge >= 0.3 is 0 Å². The number of benzene rings is 3. The fourth-order valence-corrected chi connectivity index (χ4v) is 3.46. The molecule has 26 heavy (non-hydrogen) atoms. The Morgan fingerprint density at radius 2 is 1.77 bits per heavy atom. The number of hydrogen-bond acceptors (Lipinski definition) is 1. The first-order valence-corrected chi connectivity index (χ1v) is 9.13. The number of fused-ring (bicyclic) bond motifs is 1. The van der Waals surface area contributed by atoms with Gasteiger partial charge in [0.1, 0.15) is 0 Å².